The lowest BCUT2D eigenvalue weighted by Crippen LogP contribution is -2.56. The summed E-state index contributed by atoms with van der Waals surface area (Å²) in [5, 5.41) is 0. The average Bonchev–Trinajstić information content (AvgIpc) is 2.53. The van der Waals surface area contributed by atoms with E-state index in [1.165, 1.54) is 18.6 Å². The fourth-order valence-corrected chi connectivity index (χ4v) is 6.54. The van der Waals surface area contributed by atoms with Crippen LogP contribution in [0.2, 0.25) is 0 Å². The molecule has 4 aliphatic rings. The molecule has 1 aromatic carbocycles. The Morgan fingerprint density at radius 2 is 1.52 bits per heavy atom. The lowest BCUT2D eigenvalue weighted by molar-refractivity contribution is -0.141. The minimum Gasteiger partial charge on any atom is -0.330 e. The topological polar surface area (TPSA) is 26.0 Å². The second kappa shape index (κ2) is 6.77. The van der Waals surface area contributed by atoms with E-state index < -0.39 is 11.7 Å². The van der Waals surface area contributed by atoms with Crippen LogP contribution in [0.1, 0.15) is 56.1 Å². The second-order valence-corrected chi connectivity index (χ2v) is 8.28. The molecule has 4 bridgehead atoms. The van der Waals surface area contributed by atoms with Crippen LogP contribution in [0.4, 0.5) is 13.2 Å². The summed E-state index contributed by atoms with van der Waals surface area (Å²) in [4.78, 5) is 0. The van der Waals surface area contributed by atoms with E-state index in [1.807, 2.05) is 0 Å². The number of rotatable bonds is 4. The summed E-state index contributed by atoms with van der Waals surface area (Å²) in [6.07, 6.45) is 3.11. The molecule has 1 aromatic rings. The Labute approximate surface area is 154 Å². The lowest BCUT2D eigenvalue weighted by atomic mass is 9.42. The first-order chi connectivity index (χ1) is 11.4. The van der Waals surface area contributed by atoms with E-state index in [0.717, 1.165) is 50.4 Å². The van der Waals surface area contributed by atoms with Crippen molar-refractivity contribution < 1.29 is 13.2 Å². The zero-order chi connectivity index (χ0) is 16.9. The molecule has 5 heteroatoms. The number of halogens is 4. The molecule has 0 unspecified atom stereocenters. The van der Waals surface area contributed by atoms with Gasteiger partial charge in [0.25, 0.3) is 0 Å². The van der Waals surface area contributed by atoms with E-state index in [4.69, 9.17) is 5.73 Å². The molecule has 0 amide bonds. The molecule has 0 aromatic heterocycles. The number of hydrogen-bond acceptors (Lipinski definition) is 1. The van der Waals surface area contributed by atoms with Gasteiger partial charge in [-0.1, -0.05) is 18.2 Å². The minimum atomic E-state index is -4.28. The van der Waals surface area contributed by atoms with Crippen molar-refractivity contribution in [3.63, 3.8) is 0 Å². The van der Waals surface area contributed by atoms with E-state index in [0.29, 0.717) is 23.9 Å². The Morgan fingerprint density at radius 1 is 0.960 bits per heavy atom. The van der Waals surface area contributed by atoms with Gasteiger partial charge in [-0.15, -0.1) is 12.4 Å². The smallest absolute Gasteiger partial charge is 0.330 e. The van der Waals surface area contributed by atoms with Crippen LogP contribution >= 0.6 is 12.4 Å². The summed E-state index contributed by atoms with van der Waals surface area (Å²) in [7, 11) is 0. The number of benzene rings is 1. The van der Waals surface area contributed by atoms with Gasteiger partial charge in [-0.05, 0) is 86.8 Å². The van der Waals surface area contributed by atoms with Crippen molar-refractivity contribution in [1.29, 1.82) is 0 Å². The molecule has 4 saturated carbocycles. The molecule has 5 rings (SSSR count). The maximum Gasteiger partial charge on any atom is 0.416 e. The van der Waals surface area contributed by atoms with Crippen LogP contribution < -0.4 is 5.73 Å². The third-order valence-electron chi connectivity index (χ3n) is 7.12. The predicted octanol–water partition coefficient (Wildman–Crippen LogP) is 5.56. The van der Waals surface area contributed by atoms with Crippen LogP contribution in [-0.2, 0) is 11.6 Å². The molecule has 0 spiro atoms. The van der Waals surface area contributed by atoms with Gasteiger partial charge in [0.15, 0.2) is 0 Å². The summed E-state index contributed by atoms with van der Waals surface area (Å²) in [5.74, 6) is 2.31. The summed E-state index contributed by atoms with van der Waals surface area (Å²) >= 11 is 0. The van der Waals surface area contributed by atoms with Crippen molar-refractivity contribution in [2.75, 3.05) is 6.54 Å². The van der Waals surface area contributed by atoms with Gasteiger partial charge in [0.05, 0.1) is 5.56 Å². The molecule has 140 valence electrons. The lowest BCUT2D eigenvalue weighted by Gasteiger charge is -2.62. The second-order valence-electron chi connectivity index (χ2n) is 8.28. The van der Waals surface area contributed by atoms with E-state index in [9.17, 15) is 13.2 Å². The van der Waals surface area contributed by atoms with Gasteiger partial charge in [0, 0.05) is 5.41 Å². The normalized spacial score (nSPS) is 36.3. The average molecular weight is 374 g/mol. The molecule has 0 saturated heterocycles. The fourth-order valence-electron chi connectivity index (χ4n) is 6.54. The van der Waals surface area contributed by atoms with Crippen molar-refractivity contribution >= 4 is 12.4 Å². The van der Waals surface area contributed by atoms with Crippen molar-refractivity contribution in [2.24, 2.45) is 29.4 Å². The molecule has 0 atom stereocenters. The van der Waals surface area contributed by atoms with E-state index in [1.54, 1.807) is 12.1 Å². The SMILES string of the molecule is Cl.NCCCC1(c2ccccc2C(F)(F)F)C2CC3CC(C2)CC1C3. The van der Waals surface area contributed by atoms with Crippen LogP contribution in [0, 0.1) is 23.7 Å². The van der Waals surface area contributed by atoms with Crippen molar-refractivity contribution in [1.82, 2.24) is 0 Å². The van der Waals surface area contributed by atoms with E-state index in [2.05, 4.69) is 0 Å². The molecule has 0 aliphatic heterocycles. The Bertz CT molecular complexity index is 585. The highest BCUT2D eigenvalue weighted by atomic mass is 35.5. The highest BCUT2D eigenvalue weighted by molar-refractivity contribution is 5.85. The third-order valence-corrected chi connectivity index (χ3v) is 7.12. The predicted molar refractivity (Wildman–Crippen MR) is 95.7 cm³/mol. The monoisotopic (exact) mass is 373 g/mol. The van der Waals surface area contributed by atoms with Crippen molar-refractivity contribution in [3.8, 4) is 0 Å². The summed E-state index contributed by atoms with van der Waals surface area (Å²) in [5.41, 5.74) is 5.63. The molecule has 25 heavy (non-hydrogen) atoms. The molecular formula is C20H27ClF3N. The molecule has 0 radical (unpaired) electrons. The quantitative estimate of drug-likeness (QED) is 0.734. The van der Waals surface area contributed by atoms with Crippen molar-refractivity contribution in [2.45, 2.75) is 56.5 Å². The Kier molecular flexibility index (Phi) is 5.15. The van der Waals surface area contributed by atoms with E-state index in [-0.39, 0.29) is 17.8 Å². The van der Waals surface area contributed by atoms with Gasteiger partial charge in [-0.3, -0.25) is 0 Å². The first-order valence-corrected chi connectivity index (χ1v) is 9.32. The minimum absolute atomic E-state index is 0. The molecule has 0 heterocycles. The largest absolute Gasteiger partial charge is 0.416 e. The maximum absolute atomic E-state index is 13.7. The van der Waals surface area contributed by atoms with Gasteiger partial charge in [-0.25, -0.2) is 0 Å². The zero-order valence-corrected chi connectivity index (χ0v) is 15.2. The molecule has 2 N–H and O–H groups in total. The molecule has 1 nitrogen and oxygen atoms in total. The van der Waals surface area contributed by atoms with Crippen molar-refractivity contribution in [3.05, 3.63) is 35.4 Å². The van der Waals surface area contributed by atoms with Gasteiger partial charge >= 0.3 is 6.18 Å². The van der Waals surface area contributed by atoms with Crippen LogP contribution in [-0.4, -0.2) is 6.54 Å². The van der Waals surface area contributed by atoms with Crippen LogP contribution in [0.15, 0.2) is 24.3 Å². The first kappa shape index (κ1) is 19.0. The van der Waals surface area contributed by atoms with Gasteiger partial charge in [0.1, 0.15) is 0 Å². The van der Waals surface area contributed by atoms with Crippen LogP contribution in [0.3, 0.4) is 0 Å². The number of alkyl halides is 3. The van der Waals surface area contributed by atoms with Crippen LogP contribution in [0.5, 0.6) is 0 Å². The zero-order valence-electron chi connectivity index (χ0n) is 14.4. The van der Waals surface area contributed by atoms with Crippen LogP contribution in [0.25, 0.3) is 0 Å². The fraction of sp³-hybridized carbons (Fsp3) is 0.700. The summed E-state index contributed by atoms with van der Waals surface area (Å²) in [6.45, 7) is 0.558. The molecule has 4 fully saturated rings. The maximum atomic E-state index is 13.7. The first-order valence-electron chi connectivity index (χ1n) is 9.32. The third kappa shape index (κ3) is 2.99. The Morgan fingerprint density at radius 3 is 2.04 bits per heavy atom. The Balaban J connectivity index is 0.00000182. The van der Waals surface area contributed by atoms with Gasteiger partial charge < -0.3 is 5.73 Å². The molecule has 4 aliphatic carbocycles. The standard InChI is InChI=1S/C20H26F3N.ClH/c21-20(22,23)18-5-2-1-4-17(18)19(6-3-7-24)15-9-13-8-14(11-15)12-16(19)10-13;/h1-2,4-5,13-16H,3,6-12,24H2;1H. The highest BCUT2D eigenvalue weighted by Gasteiger charge is 2.58. The van der Waals surface area contributed by atoms with Gasteiger partial charge in [0.2, 0.25) is 0 Å². The Hall–Kier alpha value is -0.740. The summed E-state index contributed by atoms with van der Waals surface area (Å²) in [6, 6.07) is 6.37. The van der Waals surface area contributed by atoms with E-state index >= 15 is 0 Å². The number of nitrogens with two attached hydrogens (primary N) is 1. The number of hydrogen-bond donors (Lipinski definition) is 1. The molecular weight excluding hydrogens is 347 g/mol. The van der Waals surface area contributed by atoms with Gasteiger partial charge in [-0.2, -0.15) is 13.2 Å². The summed E-state index contributed by atoms with van der Waals surface area (Å²) < 4.78 is 41.2. The highest BCUT2D eigenvalue weighted by Crippen LogP contribution is 2.65.